The van der Waals surface area contributed by atoms with Crippen molar-refractivity contribution in [3.8, 4) is 5.75 Å². The molecule has 2 amide bonds. The Morgan fingerprint density at radius 3 is 2.42 bits per heavy atom. The van der Waals surface area contributed by atoms with Crippen LogP contribution in [0.15, 0.2) is 24.3 Å². The molecule has 1 atom stereocenters. The number of nitrogens with two attached hydrogens (primary N) is 1. The van der Waals surface area contributed by atoms with E-state index in [-0.39, 0.29) is 31.1 Å². The summed E-state index contributed by atoms with van der Waals surface area (Å²) in [5, 5.41) is 3.03. The summed E-state index contributed by atoms with van der Waals surface area (Å²) in [6, 6.07) is 7.63. The highest BCUT2D eigenvalue weighted by atomic mass is 16.5. The van der Waals surface area contributed by atoms with Crippen molar-refractivity contribution in [2.45, 2.75) is 46.2 Å². The van der Waals surface area contributed by atoms with Crippen LogP contribution in [-0.2, 0) is 9.59 Å². The van der Waals surface area contributed by atoms with Gasteiger partial charge in [0.25, 0.3) is 0 Å². The minimum atomic E-state index is -0.440. The molecule has 1 aromatic carbocycles. The zero-order chi connectivity index (χ0) is 18.1. The standard InChI is InChI=1S/C18H29N3O3/c1-5-15(14-9-7-8-10-16(14)24-6-2)20-18(23)12-21(13(3)4)11-17(19)22/h7-10,13,15H,5-6,11-12H2,1-4H3,(H2,19,22)(H,20,23). The molecule has 0 saturated heterocycles. The lowest BCUT2D eigenvalue weighted by molar-refractivity contribution is -0.125. The Labute approximate surface area is 144 Å². The first-order valence-electron chi connectivity index (χ1n) is 8.42. The van der Waals surface area contributed by atoms with Crippen molar-refractivity contribution in [2.24, 2.45) is 5.73 Å². The van der Waals surface area contributed by atoms with E-state index >= 15 is 0 Å². The number of primary amides is 1. The highest BCUT2D eigenvalue weighted by molar-refractivity contribution is 5.80. The molecule has 6 heteroatoms. The maximum atomic E-state index is 12.4. The molecule has 1 rings (SSSR count). The smallest absolute Gasteiger partial charge is 0.234 e. The number of nitrogens with zero attached hydrogens (tertiary/aromatic N) is 1. The Kier molecular flexibility index (Phi) is 8.26. The van der Waals surface area contributed by atoms with Crippen LogP contribution in [0.5, 0.6) is 5.75 Å². The van der Waals surface area contributed by atoms with Gasteiger partial charge in [-0.05, 0) is 33.3 Å². The molecule has 0 aliphatic heterocycles. The second kappa shape index (κ2) is 9.93. The van der Waals surface area contributed by atoms with Crippen LogP contribution in [-0.4, -0.2) is 42.5 Å². The fourth-order valence-corrected chi connectivity index (χ4v) is 2.50. The fourth-order valence-electron chi connectivity index (χ4n) is 2.50. The first-order valence-corrected chi connectivity index (χ1v) is 8.42. The molecular formula is C18H29N3O3. The Balaban J connectivity index is 2.80. The zero-order valence-electron chi connectivity index (χ0n) is 15.0. The number of rotatable bonds is 10. The number of amides is 2. The molecule has 0 aromatic heterocycles. The van der Waals surface area contributed by atoms with E-state index in [4.69, 9.17) is 10.5 Å². The summed E-state index contributed by atoms with van der Waals surface area (Å²) in [5.74, 6) is 0.207. The van der Waals surface area contributed by atoms with Gasteiger partial charge < -0.3 is 15.8 Å². The Morgan fingerprint density at radius 2 is 1.88 bits per heavy atom. The summed E-state index contributed by atoms with van der Waals surface area (Å²) in [4.78, 5) is 25.3. The number of carbonyl (C=O) groups is 2. The van der Waals surface area contributed by atoms with E-state index in [0.717, 1.165) is 17.7 Å². The SMILES string of the molecule is CCOc1ccccc1C(CC)NC(=O)CN(CC(N)=O)C(C)C. The average Bonchev–Trinajstić information content (AvgIpc) is 2.52. The zero-order valence-corrected chi connectivity index (χ0v) is 15.0. The first kappa shape index (κ1) is 20.0. The molecule has 1 unspecified atom stereocenters. The van der Waals surface area contributed by atoms with E-state index in [0.29, 0.717) is 6.61 Å². The number of carbonyl (C=O) groups excluding carboxylic acids is 2. The molecule has 24 heavy (non-hydrogen) atoms. The summed E-state index contributed by atoms with van der Waals surface area (Å²) in [6.07, 6.45) is 0.743. The molecule has 0 saturated carbocycles. The monoisotopic (exact) mass is 335 g/mol. The topological polar surface area (TPSA) is 84.7 Å². The van der Waals surface area contributed by atoms with Gasteiger partial charge in [-0.15, -0.1) is 0 Å². The number of benzene rings is 1. The average molecular weight is 335 g/mol. The third kappa shape index (κ3) is 6.20. The molecule has 0 fully saturated rings. The maximum Gasteiger partial charge on any atom is 0.234 e. The molecule has 0 heterocycles. The van der Waals surface area contributed by atoms with Gasteiger partial charge in [0.15, 0.2) is 0 Å². The van der Waals surface area contributed by atoms with Crippen molar-refractivity contribution >= 4 is 11.8 Å². The molecule has 0 spiro atoms. The van der Waals surface area contributed by atoms with Crippen molar-refractivity contribution in [3.05, 3.63) is 29.8 Å². The van der Waals surface area contributed by atoms with Crippen LogP contribution >= 0.6 is 0 Å². The molecule has 3 N–H and O–H groups in total. The van der Waals surface area contributed by atoms with Crippen molar-refractivity contribution in [1.29, 1.82) is 0 Å². The number of ether oxygens (including phenoxy) is 1. The summed E-state index contributed by atoms with van der Waals surface area (Å²) >= 11 is 0. The van der Waals surface area contributed by atoms with E-state index in [2.05, 4.69) is 5.32 Å². The third-order valence-corrected chi connectivity index (χ3v) is 3.77. The largest absolute Gasteiger partial charge is 0.494 e. The second-order valence-corrected chi connectivity index (χ2v) is 5.96. The number of nitrogens with one attached hydrogen (secondary N) is 1. The minimum absolute atomic E-state index is 0.0547. The quantitative estimate of drug-likeness (QED) is 0.683. The lowest BCUT2D eigenvalue weighted by atomic mass is 10.0. The fraction of sp³-hybridized carbons (Fsp3) is 0.556. The van der Waals surface area contributed by atoms with E-state index < -0.39 is 5.91 Å². The van der Waals surface area contributed by atoms with Gasteiger partial charge in [-0.2, -0.15) is 0 Å². The lowest BCUT2D eigenvalue weighted by Gasteiger charge is -2.26. The van der Waals surface area contributed by atoms with Crippen molar-refractivity contribution in [2.75, 3.05) is 19.7 Å². The predicted molar refractivity (Wildman–Crippen MR) is 94.7 cm³/mol. The summed E-state index contributed by atoms with van der Waals surface area (Å²) in [6.45, 7) is 8.57. The summed E-state index contributed by atoms with van der Waals surface area (Å²) in [5.41, 5.74) is 6.21. The predicted octanol–water partition coefficient (Wildman–Crippen LogP) is 1.85. The molecule has 0 aliphatic rings. The third-order valence-electron chi connectivity index (χ3n) is 3.77. The molecule has 6 nitrogen and oxygen atoms in total. The van der Waals surface area contributed by atoms with E-state index in [1.807, 2.05) is 52.0 Å². The van der Waals surface area contributed by atoms with E-state index in [9.17, 15) is 9.59 Å². The number of para-hydroxylation sites is 1. The molecule has 0 aliphatic carbocycles. The maximum absolute atomic E-state index is 12.4. The Bertz CT molecular complexity index is 546. The summed E-state index contributed by atoms with van der Waals surface area (Å²) in [7, 11) is 0. The van der Waals surface area contributed by atoms with Crippen molar-refractivity contribution in [3.63, 3.8) is 0 Å². The van der Waals surface area contributed by atoms with Crippen molar-refractivity contribution < 1.29 is 14.3 Å². The minimum Gasteiger partial charge on any atom is -0.494 e. The van der Waals surface area contributed by atoms with Gasteiger partial charge in [-0.3, -0.25) is 14.5 Å². The highest BCUT2D eigenvalue weighted by Crippen LogP contribution is 2.27. The van der Waals surface area contributed by atoms with Gasteiger partial charge in [-0.1, -0.05) is 25.1 Å². The van der Waals surface area contributed by atoms with Crippen LogP contribution in [0.25, 0.3) is 0 Å². The Hall–Kier alpha value is -2.08. The van der Waals surface area contributed by atoms with Crippen LogP contribution in [0.1, 0.15) is 45.7 Å². The Morgan fingerprint density at radius 1 is 1.21 bits per heavy atom. The van der Waals surface area contributed by atoms with Crippen LogP contribution in [0, 0.1) is 0 Å². The normalized spacial score (nSPS) is 12.2. The number of hydrogen-bond acceptors (Lipinski definition) is 4. The van der Waals surface area contributed by atoms with E-state index in [1.165, 1.54) is 0 Å². The highest BCUT2D eigenvalue weighted by Gasteiger charge is 2.20. The first-order chi connectivity index (χ1) is 11.4. The van der Waals surface area contributed by atoms with Gasteiger partial charge in [0.2, 0.25) is 11.8 Å². The van der Waals surface area contributed by atoms with Crippen molar-refractivity contribution in [1.82, 2.24) is 10.2 Å². The molecule has 0 bridgehead atoms. The van der Waals surface area contributed by atoms with Gasteiger partial charge in [0.1, 0.15) is 5.75 Å². The lowest BCUT2D eigenvalue weighted by Crippen LogP contribution is -2.45. The van der Waals surface area contributed by atoms with Gasteiger partial charge in [-0.25, -0.2) is 0 Å². The summed E-state index contributed by atoms with van der Waals surface area (Å²) < 4.78 is 5.65. The molecule has 134 valence electrons. The second-order valence-electron chi connectivity index (χ2n) is 5.96. The van der Waals surface area contributed by atoms with E-state index in [1.54, 1.807) is 4.90 Å². The molecule has 0 radical (unpaired) electrons. The van der Waals surface area contributed by atoms with Gasteiger partial charge in [0, 0.05) is 11.6 Å². The number of hydrogen-bond donors (Lipinski definition) is 2. The molecule has 1 aromatic rings. The van der Waals surface area contributed by atoms with Gasteiger partial charge >= 0.3 is 0 Å². The van der Waals surface area contributed by atoms with Crippen LogP contribution in [0.3, 0.4) is 0 Å². The van der Waals surface area contributed by atoms with Gasteiger partial charge in [0.05, 0.1) is 25.7 Å². The molecular weight excluding hydrogens is 306 g/mol. The van der Waals surface area contributed by atoms with Crippen LogP contribution in [0.2, 0.25) is 0 Å². The van der Waals surface area contributed by atoms with Crippen LogP contribution < -0.4 is 15.8 Å². The van der Waals surface area contributed by atoms with Crippen LogP contribution in [0.4, 0.5) is 0 Å².